The van der Waals surface area contributed by atoms with Crippen molar-refractivity contribution in [1.29, 1.82) is 0 Å². The fourth-order valence-electron chi connectivity index (χ4n) is 2.96. The van der Waals surface area contributed by atoms with Gasteiger partial charge in [0, 0.05) is 16.7 Å². The minimum atomic E-state index is 0.0137. The number of ketones is 1. The van der Waals surface area contributed by atoms with Gasteiger partial charge < -0.3 is 0 Å². The summed E-state index contributed by atoms with van der Waals surface area (Å²) in [7, 11) is 0. The van der Waals surface area contributed by atoms with E-state index < -0.39 is 0 Å². The highest BCUT2D eigenvalue weighted by molar-refractivity contribution is 5.97. The largest absolute Gasteiger partial charge is 0.294 e. The molecule has 0 saturated heterocycles. The fraction of sp³-hybridized carbons (Fsp3) is 0.0417. The zero-order valence-electron chi connectivity index (χ0n) is 14.7. The maximum absolute atomic E-state index is 12.6. The first-order valence-corrected chi connectivity index (χ1v) is 8.87. The van der Waals surface area contributed by atoms with Crippen LogP contribution in [0.15, 0.2) is 97.1 Å². The molecule has 4 rings (SSSR count). The van der Waals surface area contributed by atoms with Gasteiger partial charge in [-0.25, -0.2) is 9.97 Å². The average Bonchev–Trinajstić information content (AvgIpc) is 2.75. The fourth-order valence-corrected chi connectivity index (χ4v) is 2.96. The molecule has 3 aromatic carbocycles. The lowest BCUT2D eigenvalue weighted by molar-refractivity contribution is 0.0991. The molecule has 0 radical (unpaired) electrons. The summed E-state index contributed by atoms with van der Waals surface area (Å²) in [6, 6.07) is 31.2. The molecule has 0 atom stereocenters. The van der Waals surface area contributed by atoms with Crippen LogP contribution in [0.2, 0.25) is 0 Å². The number of Topliss-reactive ketones (excluding diaryl/α,β-unsaturated/α-hetero) is 1. The second-order valence-corrected chi connectivity index (χ2v) is 6.25. The first kappa shape index (κ1) is 16.9. The van der Waals surface area contributed by atoms with Gasteiger partial charge in [0.25, 0.3) is 0 Å². The van der Waals surface area contributed by atoms with E-state index >= 15 is 0 Å². The average molecular weight is 350 g/mol. The highest BCUT2D eigenvalue weighted by atomic mass is 16.1. The van der Waals surface area contributed by atoms with Crippen molar-refractivity contribution in [3.63, 3.8) is 0 Å². The van der Waals surface area contributed by atoms with Crippen LogP contribution in [-0.4, -0.2) is 15.8 Å². The second-order valence-electron chi connectivity index (χ2n) is 6.25. The Bertz CT molecular complexity index is 988. The molecule has 27 heavy (non-hydrogen) atoms. The van der Waals surface area contributed by atoms with E-state index in [1.54, 1.807) is 0 Å². The van der Waals surface area contributed by atoms with Gasteiger partial charge in [-0.05, 0) is 6.07 Å². The van der Waals surface area contributed by atoms with Gasteiger partial charge in [0.2, 0.25) is 0 Å². The van der Waals surface area contributed by atoms with Crippen molar-refractivity contribution in [3.05, 3.63) is 108 Å². The maximum Gasteiger partial charge on any atom is 0.170 e. The first-order valence-electron chi connectivity index (χ1n) is 8.87. The summed E-state index contributed by atoms with van der Waals surface area (Å²) in [6.45, 7) is 0. The van der Waals surface area contributed by atoms with E-state index in [0.717, 1.165) is 22.5 Å². The van der Waals surface area contributed by atoms with E-state index in [4.69, 9.17) is 0 Å². The summed E-state index contributed by atoms with van der Waals surface area (Å²) < 4.78 is 0. The van der Waals surface area contributed by atoms with Crippen molar-refractivity contribution in [2.24, 2.45) is 0 Å². The Balaban J connectivity index is 1.75. The molecule has 0 aliphatic carbocycles. The lowest BCUT2D eigenvalue weighted by Gasteiger charge is -2.09. The number of carbonyl (C=O) groups is 1. The van der Waals surface area contributed by atoms with Crippen LogP contribution in [0.25, 0.3) is 22.5 Å². The summed E-state index contributed by atoms with van der Waals surface area (Å²) in [4.78, 5) is 22.0. The molecule has 3 nitrogen and oxygen atoms in total. The predicted octanol–water partition coefficient (Wildman–Crippen LogP) is 5.24. The molecule has 0 aliphatic rings. The van der Waals surface area contributed by atoms with Gasteiger partial charge in [-0.15, -0.1) is 0 Å². The van der Waals surface area contributed by atoms with Crippen LogP contribution in [0.1, 0.15) is 16.2 Å². The molecule has 0 N–H and O–H groups in total. The predicted molar refractivity (Wildman–Crippen MR) is 107 cm³/mol. The highest BCUT2D eigenvalue weighted by Crippen LogP contribution is 2.24. The molecule has 0 saturated carbocycles. The third-order valence-electron chi connectivity index (χ3n) is 4.33. The molecule has 4 aromatic rings. The Kier molecular flexibility index (Phi) is 4.84. The number of rotatable bonds is 5. The minimum Gasteiger partial charge on any atom is -0.294 e. The Labute approximate surface area is 158 Å². The minimum absolute atomic E-state index is 0.0137. The topological polar surface area (TPSA) is 42.9 Å². The van der Waals surface area contributed by atoms with Crippen LogP contribution in [0, 0.1) is 0 Å². The standard InChI is InChI=1S/C24H18N2O/c27-23(20-14-8-3-9-15-20)17-24-25-21(18-10-4-1-5-11-18)16-22(26-24)19-12-6-2-7-13-19/h1-16H,17H2. The molecule has 0 spiro atoms. The van der Waals surface area contributed by atoms with Crippen LogP contribution >= 0.6 is 0 Å². The van der Waals surface area contributed by atoms with Crippen molar-refractivity contribution >= 4 is 5.78 Å². The molecule has 0 amide bonds. The number of aromatic nitrogens is 2. The third kappa shape index (κ3) is 3.98. The molecule has 0 bridgehead atoms. The van der Waals surface area contributed by atoms with Gasteiger partial charge in [0.05, 0.1) is 17.8 Å². The zero-order chi connectivity index (χ0) is 18.5. The Morgan fingerprint density at radius 1 is 0.630 bits per heavy atom. The van der Waals surface area contributed by atoms with E-state index in [0.29, 0.717) is 11.4 Å². The summed E-state index contributed by atoms with van der Waals surface area (Å²) in [6.07, 6.45) is 0.171. The lowest BCUT2D eigenvalue weighted by Crippen LogP contribution is -2.08. The van der Waals surface area contributed by atoms with Gasteiger partial charge in [-0.3, -0.25) is 4.79 Å². The summed E-state index contributed by atoms with van der Waals surface area (Å²) in [5, 5.41) is 0. The maximum atomic E-state index is 12.6. The molecule has 0 aliphatic heterocycles. The van der Waals surface area contributed by atoms with Crippen molar-refractivity contribution in [1.82, 2.24) is 9.97 Å². The molecular formula is C24H18N2O. The number of nitrogens with zero attached hydrogens (tertiary/aromatic N) is 2. The van der Waals surface area contributed by atoms with Crippen LogP contribution in [0.3, 0.4) is 0 Å². The molecule has 130 valence electrons. The summed E-state index contributed by atoms with van der Waals surface area (Å²) >= 11 is 0. The Morgan fingerprint density at radius 2 is 1.07 bits per heavy atom. The molecule has 3 heteroatoms. The number of hydrogen-bond acceptors (Lipinski definition) is 3. The van der Waals surface area contributed by atoms with E-state index in [1.165, 1.54) is 0 Å². The SMILES string of the molecule is O=C(Cc1nc(-c2ccccc2)cc(-c2ccccc2)n1)c1ccccc1. The third-order valence-corrected chi connectivity index (χ3v) is 4.33. The Morgan fingerprint density at radius 3 is 1.56 bits per heavy atom. The lowest BCUT2D eigenvalue weighted by atomic mass is 10.1. The summed E-state index contributed by atoms with van der Waals surface area (Å²) in [5.74, 6) is 0.545. The van der Waals surface area contributed by atoms with Gasteiger partial charge in [0.15, 0.2) is 5.78 Å². The van der Waals surface area contributed by atoms with Crippen LogP contribution < -0.4 is 0 Å². The first-order chi connectivity index (χ1) is 13.3. The second kappa shape index (κ2) is 7.75. The molecule has 0 unspecified atom stereocenters. The Hall–Kier alpha value is -3.59. The van der Waals surface area contributed by atoms with Crippen molar-refractivity contribution in [3.8, 4) is 22.5 Å². The van der Waals surface area contributed by atoms with Crippen LogP contribution in [0.5, 0.6) is 0 Å². The quantitative estimate of drug-likeness (QED) is 0.463. The monoisotopic (exact) mass is 350 g/mol. The molecule has 0 fully saturated rings. The van der Waals surface area contributed by atoms with Gasteiger partial charge in [0.1, 0.15) is 5.82 Å². The van der Waals surface area contributed by atoms with Crippen LogP contribution in [-0.2, 0) is 6.42 Å². The van der Waals surface area contributed by atoms with E-state index in [9.17, 15) is 4.79 Å². The number of benzene rings is 3. The van der Waals surface area contributed by atoms with E-state index in [1.807, 2.05) is 97.1 Å². The van der Waals surface area contributed by atoms with Crippen molar-refractivity contribution < 1.29 is 4.79 Å². The molecule has 1 aromatic heterocycles. The van der Waals surface area contributed by atoms with E-state index in [-0.39, 0.29) is 12.2 Å². The zero-order valence-corrected chi connectivity index (χ0v) is 14.7. The van der Waals surface area contributed by atoms with E-state index in [2.05, 4.69) is 9.97 Å². The van der Waals surface area contributed by atoms with Crippen molar-refractivity contribution in [2.75, 3.05) is 0 Å². The van der Waals surface area contributed by atoms with Crippen LogP contribution in [0.4, 0.5) is 0 Å². The molecule has 1 heterocycles. The highest BCUT2D eigenvalue weighted by Gasteiger charge is 2.13. The normalized spacial score (nSPS) is 10.5. The van der Waals surface area contributed by atoms with Gasteiger partial charge in [-0.1, -0.05) is 91.0 Å². The number of carbonyl (C=O) groups excluding carboxylic acids is 1. The van der Waals surface area contributed by atoms with Crippen molar-refractivity contribution in [2.45, 2.75) is 6.42 Å². The molecular weight excluding hydrogens is 332 g/mol. The smallest absolute Gasteiger partial charge is 0.170 e. The summed E-state index contributed by atoms with van der Waals surface area (Å²) in [5.41, 5.74) is 4.32. The number of hydrogen-bond donors (Lipinski definition) is 0. The van der Waals surface area contributed by atoms with Gasteiger partial charge >= 0.3 is 0 Å². The van der Waals surface area contributed by atoms with Gasteiger partial charge in [-0.2, -0.15) is 0 Å².